The number of aryl methyl sites for hydroxylation is 1. The van der Waals surface area contributed by atoms with Crippen LogP contribution >= 0.6 is 0 Å². The average molecular weight is 293 g/mol. The molecule has 1 N–H and O–H groups in total. The average Bonchev–Trinajstić information content (AvgIpc) is 2.57. The zero-order valence-electron chi connectivity index (χ0n) is 13.1. The van der Waals surface area contributed by atoms with Crippen molar-refractivity contribution in [3.63, 3.8) is 0 Å². The van der Waals surface area contributed by atoms with Gasteiger partial charge in [0, 0.05) is 5.69 Å². The number of carbonyl (C=O) groups excluding carboxylic acids is 1. The maximum absolute atomic E-state index is 12.7. The molecule has 1 aliphatic carbocycles. The molecule has 0 spiro atoms. The molecule has 0 bridgehead atoms. The summed E-state index contributed by atoms with van der Waals surface area (Å²) in [6, 6.07) is 16.3. The van der Waals surface area contributed by atoms with Gasteiger partial charge in [-0.25, -0.2) is 0 Å². The Balaban J connectivity index is 1.82. The first-order chi connectivity index (χ1) is 10.8. The highest BCUT2D eigenvalue weighted by Gasteiger charge is 2.20. The van der Waals surface area contributed by atoms with Crippen LogP contribution in [0.25, 0.3) is 0 Å². The summed E-state index contributed by atoms with van der Waals surface area (Å²) < 4.78 is 0. The normalized spacial score (nSPS) is 15.0. The third-order valence-electron chi connectivity index (χ3n) is 4.58. The summed E-state index contributed by atoms with van der Waals surface area (Å²) >= 11 is 0. The van der Waals surface area contributed by atoms with E-state index in [-0.39, 0.29) is 11.8 Å². The van der Waals surface area contributed by atoms with Crippen molar-refractivity contribution < 1.29 is 4.79 Å². The Labute approximate surface area is 132 Å². The van der Waals surface area contributed by atoms with Crippen LogP contribution in [0, 0.1) is 0 Å². The molecule has 0 aliphatic heterocycles. The van der Waals surface area contributed by atoms with Crippen LogP contribution in [0.15, 0.2) is 48.5 Å². The topological polar surface area (TPSA) is 29.1 Å². The number of carbonyl (C=O) groups is 1. The summed E-state index contributed by atoms with van der Waals surface area (Å²) in [5.74, 6) is 0.0216. The van der Waals surface area contributed by atoms with E-state index in [1.807, 2.05) is 36.4 Å². The van der Waals surface area contributed by atoms with E-state index in [4.69, 9.17) is 0 Å². The van der Waals surface area contributed by atoms with Gasteiger partial charge in [0.1, 0.15) is 0 Å². The molecule has 1 amide bonds. The molecule has 0 unspecified atom stereocenters. The lowest BCUT2D eigenvalue weighted by Gasteiger charge is -2.21. The van der Waals surface area contributed by atoms with Crippen molar-refractivity contribution in [3.8, 4) is 0 Å². The molecule has 0 radical (unpaired) electrons. The van der Waals surface area contributed by atoms with Crippen molar-refractivity contribution in [2.24, 2.45) is 0 Å². The van der Waals surface area contributed by atoms with Crippen molar-refractivity contribution in [3.05, 3.63) is 65.2 Å². The van der Waals surface area contributed by atoms with E-state index in [2.05, 4.69) is 24.4 Å². The third kappa shape index (κ3) is 3.06. The molecule has 1 aliphatic rings. The Hall–Kier alpha value is -2.09. The molecule has 1 atom stereocenters. The first-order valence-electron chi connectivity index (χ1n) is 8.26. The number of hydrogen-bond donors (Lipinski definition) is 1. The maximum Gasteiger partial charge on any atom is 0.231 e. The van der Waals surface area contributed by atoms with E-state index in [0.717, 1.165) is 30.5 Å². The Morgan fingerprint density at radius 2 is 1.82 bits per heavy atom. The first-order valence-corrected chi connectivity index (χ1v) is 8.26. The van der Waals surface area contributed by atoms with Crippen LogP contribution in [-0.4, -0.2) is 5.91 Å². The van der Waals surface area contributed by atoms with Crippen LogP contribution in [0.2, 0.25) is 0 Å². The molecule has 114 valence electrons. The molecule has 2 aromatic carbocycles. The van der Waals surface area contributed by atoms with Gasteiger partial charge in [0.25, 0.3) is 0 Å². The van der Waals surface area contributed by atoms with E-state index in [0.29, 0.717) is 0 Å². The number of benzene rings is 2. The lowest BCUT2D eigenvalue weighted by molar-refractivity contribution is -0.117. The molecular formula is C20H23NO. The molecule has 0 aromatic heterocycles. The quantitative estimate of drug-likeness (QED) is 0.870. The van der Waals surface area contributed by atoms with Gasteiger partial charge >= 0.3 is 0 Å². The van der Waals surface area contributed by atoms with Crippen molar-refractivity contribution in [2.45, 2.75) is 44.9 Å². The second-order valence-electron chi connectivity index (χ2n) is 6.01. The molecule has 0 fully saturated rings. The minimum Gasteiger partial charge on any atom is -0.325 e. The fraction of sp³-hybridized carbons (Fsp3) is 0.350. The number of anilines is 1. The molecule has 2 nitrogen and oxygen atoms in total. The predicted octanol–water partition coefficient (Wildman–Crippen LogP) is 4.70. The Kier molecular flexibility index (Phi) is 4.57. The SMILES string of the molecule is CC[C@@H](C(=O)Nc1cccc2c1CCCC2)c1ccccc1. The van der Waals surface area contributed by atoms with Crippen molar-refractivity contribution in [1.29, 1.82) is 0 Å². The van der Waals surface area contributed by atoms with Gasteiger partial charge in [-0.3, -0.25) is 4.79 Å². The summed E-state index contributed by atoms with van der Waals surface area (Å²) in [5.41, 5.74) is 4.84. The van der Waals surface area contributed by atoms with Gasteiger partial charge in [-0.15, -0.1) is 0 Å². The molecule has 0 saturated heterocycles. The fourth-order valence-electron chi connectivity index (χ4n) is 3.38. The lowest BCUT2D eigenvalue weighted by atomic mass is 9.90. The Morgan fingerprint density at radius 3 is 2.59 bits per heavy atom. The number of nitrogens with one attached hydrogen (secondary N) is 1. The number of amides is 1. The maximum atomic E-state index is 12.7. The highest BCUT2D eigenvalue weighted by molar-refractivity contribution is 5.96. The van der Waals surface area contributed by atoms with Gasteiger partial charge in [0.2, 0.25) is 5.91 Å². The van der Waals surface area contributed by atoms with Crippen LogP contribution in [-0.2, 0) is 17.6 Å². The van der Waals surface area contributed by atoms with E-state index in [1.165, 1.54) is 24.0 Å². The second kappa shape index (κ2) is 6.78. The number of hydrogen-bond acceptors (Lipinski definition) is 1. The smallest absolute Gasteiger partial charge is 0.231 e. The minimum absolute atomic E-state index is 0.0827. The van der Waals surface area contributed by atoms with Crippen molar-refractivity contribution >= 4 is 11.6 Å². The second-order valence-corrected chi connectivity index (χ2v) is 6.01. The van der Waals surface area contributed by atoms with Gasteiger partial charge in [0.15, 0.2) is 0 Å². The van der Waals surface area contributed by atoms with Gasteiger partial charge in [-0.05, 0) is 54.9 Å². The summed E-state index contributed by atoms with van der Waals surface area (Å²) in [4.78, 5) is 12.7. The Morgan fingerprint density at radius 1 is 1.05 bits per heavy atom. The summed E-state index contributed by atoms with van der Waals surface area (Å²) in [6.45, 7) is 2.07. The first kappa shape index (κ1) is 14.8. The zero-order chi connectivity index (χ0) is 15.4. The van der Waals surface area contributed by atoms with E-state index in [1.54, 1.807) is 0 Å². The summed E-state index contributed by atoms with van der Waals surface area (Å²) in [5, 5.41) is 3.18. The van der Waals surface area contributed by atoms with E-state index >= 15 is 0 Å². The van der Waals surface area contributed by atoms with Gasteiger partial charge in [-0.2, -0.15) is 0 Å². The number of fused-ring (bicyclic) bond motifs is 1. The largest absolute Gasteiger partial charge is 0.325 e. The number of rotatable bonds is 4. The monoisotopic (exact) mass is 293 g/mol. The van der Waals surface area contributed by atoms with Crippen LogP contribution in [0.3, 0.4) is 0 Å². The highest BCUT2D eigenvalue weighted by Crippen LogP contribution is 2.29. The summed E-state index contributed by atoms with van der Waals surface area (Å²) in [7, 11) is 0. The molecular weight excluding hydrogens is 270 g/mol. The third-order valence-corrected chi connectivity index (χ3v) is 4.58. The molecule has 2 heteroatoms. The standard InChI is InChI=1S/C20H23NO/c1-2-17(15-9-4-3-5-10-15)20(22)21-19-14-8-12-16-11-6-7-13-18(16)19/h3-5,8-10,12,14,17H,2,6-7,11,13H2,1H3,(H,21,22)/t17-/m1/s1. The van der Waals surface area contributed by atoms with Crippen LogP contribution < -0.4 is 5.32 Å². The van der Waals surface area contributed by atoms with Crippen LogP contribution in [0.4, 0.5) is 5.69 Å². The van der Waals surface area contributed by atoms with E-state index in [9.17, 15) is 4.79 Å². The predicted molar refractivity (Wildman–Crippen MR) is 91.2 cm³/mol. The van der Waals surface area contributed by atoms with Crippen molar-refractivity contribution in [2.75, 3.05) is 5.32 Å². The molecule has 0 saturated carbocycles. The molecule has 0 heterocycles. The molecule has 2 aromatic rings. The fourth-order valence-corrected chi connectivity index (χ4v) is 3.38. The van der Waals surface area contributed by atoms with Crippen molar-refractivity contribution in [1.82, 2.24) is 0 Å². The van der Waals surface area contributed by atoms with Gasteiger partial charge < -0.3 is 5.32 Å². The Bertz CT molecular complexity index is 648. The summed E-state index contributed by atoms with van der Waals surface area (Å²) in [6.07, 6.45) is 5.50. The van der Waals surface area contributed by atoms with Crippen LogP contribution in [0.5, 0.6) is 0 Å². The van der Waals surface area contributed by atoms with Crippen LogP contribution in [0.1, 0.15) is 48.8 Å². The minimum atomic E-state index is -0.0827. The highest BCUT2D eigenvalue weighted by atomic mass is 16.1. The lowest BCUT2D eigenvalue weighted by Crippen LogP contribution is -2.22. The van der Waals surface area contributed by atoms with Gasteiger partial charge in [0.05, 0.1) is 5.92 Å². The van der Waals surface area contributed by atoms with Gasteiger partial charge in [-0.1, -0.05) is 49.4 Å². The zero-order valence-corrected chi connectivity index (χ0v) is 13.1. The molecule has 3 rings (SSSR count). The molecule has 22 heavy (non-hydrogen) atoms. The van der Waals surface area contributed by atoms with E-state index < -0.39 is 0 Å².